The monoisotopic (exact) mass is 177 g/mol. The molecule has 1 aromatic carbocycles. The summed E-state index contributed by atoms with van der Waals surface area (Å²) in [6.07, 6.45) is 1.22. The van der Waals surface area contributed by atoms with Crippen LogP contribution in [-0.2, 0) is 0 Å². The standard InChI is InChI=1S/C12H19N/c1-4-10-13(3)11(2)12-8-6-5-7-9-12/h5-9,11H,4,10H2,1-3H3. The highest BCUT2D eigenvalue weighted by Crippen LogP contribution is 2.17. The Labute approximate surface area is 81.4 Å². The van der Waals surface area contributed by atoms with Crippen molar-refractivity contribution in [2.45, 2.75) is 26.3 Å². The van der Waals surface area contributed by atoms with Crippen LogP contribution >= 0.6 is 0 Å². The molecule has 0 aliphatic carbocycles. The van der Waals surface area contributed by atoms with Gasteiger partial charge in [-0.1, -0.05) is 37.3 Å². The first-order valence-corrected chi connectivity index (χ1v) is 5.01. The van der Waals surface area contributed by atoms with Crippen LogP contribution in [0.5, 0.6) is 0 Å². The number of hydrogen-bond donors (Lipinski definition) is 0. The summed E-state index contributed by atoms with van der Waals surface area (Å²) in [5.74, 6) is 0. The van der Waals surface area contributed by atoms with Crippen molar-refractivity contribution >= 4 is 0 Å². The van der Waals surface area contributed by atoms with Crippen LogP contribution < -0.4 is 0 Å². The van der Waals surface area contributed by atoms with Gasteiger partial charge in [0, 0.05) is 6.04 Å². The fourth-order valence-electron chi connectivity index (χ4n) is 1.53. The molecular formula is C12H19N. The Morgan fingerprint density at radius 2 is 1.85 bits per heavy atom. The smallest absolute Gasteiger partial charge is 0.0316 e. The Hall–Kier alpha value is -0.820. The van der Waals surface area contributed by atoms with E-state index in [0.717, 1.165) is 6.54 Å². The fraction of sp³-hybridized carbons (Fsp3) is 0.500. The van der Waals surface area contributed by atoms with Crippen LogP contribution in [0.1, 0.15) is 31.9 Å². The molecule has 1 nitrogen and oxygen atoms in total. The van der Waals surface area contributed by atoms with Gasteiger partial charge in [0.15, 0.2) is 0 Å². The zero-order valence-corrected chi connectivity index (χ0v) is 8.83. The van der Waals surface area contributed by atoms with Crippen molar-refractivity contribution in [2.24, 2.45) is 0 Å². The molecule has 0 amide bonds. The van der Waals surface area contributed by atoms with E-state index in [1.54, 1.807) is 0 Å². The number of nitrogens with zero attached hydrogens (tertiary/aromatic N) is 1. The van der Waals surface area contributed by atoms with E-state index in [1.165, 1.54) is 12.0 Å². The third-order valence-electron chi connectivity index (χ3n) is 2.52. The van der Waals surface area contributed by atoms with Crippen LogP contribution in [0.15, 0.2) is 30.3 Å². The van der Waals surface area contributed by atoms with E-state index >= 15 is 0 Å². The summed E-state index contributed by atoms with van der Waals surface area (Å²) in [5, 5.41) is 0. The summed E-state index contributed by atoms with van der Waals surface area (Å²) < 4.78 is 0. The molecule has 0 bridgehead atoms. The molecule has 0 aromatic heterocycles. The maximum Gasteiger partial charge on any atom is 0.0316 e. The highest BCUT2D eigenvalue weighted by molar-refractivity contribution is 5.18. The Morgan fingerprint density at radius 3 is 2.38 bits per heavy atom. The summed E-state index contributed by atoms with van der Waals surface area (Å²) in [4.78, 5) is 2.38. The molecule has 13 heavy (non-hydrogen) atoms. The van der Waals surface area contributed by atoms with Crippen LogP contribution in [0, 0.1) is 0 Å². The molecule has 0 saturated carbocycles. The van der Waals surface area contributed by atoms with Gasteiger partial charge in [0.05, 0.1) is 0 Å². The Bertz CT molecular complexity index is 230. The van der Waals surface area contributed by atoms with Crippen molar-refractivity contribution in [3.05, 3.63) is 35.9 Å². The Morgan fingerprint density at radius 1 is 1.23 bits per heavy atom. The average molecular weight is 177 g/mol. The first kappa shape index (κ1) is 10.3. The third kappa shape index (κ3) is 2.85. The Balaban J connectivity index is 2.62. The van der Waals surface area contributed by atoms with E-state index in [-0.39, 0.29) is 0 Å². The van der Waals surface area contributed by atoms with Crippen molar-refractivity contribution in [1.29, 1.82) is 0 Å². The van der Waals surface area contributed by atoms with Gasteiger partial charge in [-0.3, -0.25) is 4.90 Å². The molecule has 0 aliphatic rings. The lowest BCUT2D eigenvalue weighted by molar-refractivity contribution is 0.262. The molecule has 1 heteroatoms. The fourth-order valence-corrected chi connectivity index (χ4v) is 1.53. The summed E-state index contributed by atoms with van der Waals surface area (Å²) >= 11 is 0. The minimum Gasteiger partial charge on any atom is -0.300 e. The summed E-state index contributed by atoms with van der Waals surface area (Å²) in [7, 11) is 2.18. The molecule has 1 aromatic rings. The molecule has 0 N–H and O–H groups in total. The van der Waals surface area contributed by atoms with Gasteiger partial charge in [0.2, 0.25) is 0 Å². The van der Waals surface area contributed by atoms with Crippen LogP contribution in [-0.4, -0.2) is 18.5 Å². The molecule has 1 rings (SSSR count). The quantitative estimate of drug-likeness (QED) is 0.683. The zero-order valence-electron chi connectivity index (χ0n) is 8.83. The summed E-state index contributed by atoms with van der Waals surface area (Å²) in [5.41, 5.74) is 1.40. The molecule has 0 aliphatic heterocycles. The number of rotatable bonds is 4. The average Bonchev–Trinajstić information content (AvgIpc) is 2.18. The van der Waals surface area contributed by atoms with Crippen LogP contribution in [0.3, 0.4) is 0 Å². The molecule has 0 heterocycles. The van der Waals surface area contributed by atoms with Crippen molar-refractivity contribution in [3.8, 4) is 0 Å². The van der Waals surface area contributed by atoms with Gasteiger partial charge in [-0.15, -0.1) is 0 Å². The minimum atomic E-state index is 0.529. The van der Waals surface area contributed by atoms with E-state index in [4.69, 9.17) is 0 Å². The lowest BCUT2D eigenvalue weighted by atomic mass is 10.1. The third-order valence-corrected chi connectivity index (χ3v) is 2.52. The highest BCUT2D eigenvalue weighted by Gasteiger charge is 2.08. The van der Waals surface area contributed by atoms with E-state index in [9.17, 15) is 0 Å². The second kappa shape index (κ2) is 5.03. The zero-order chi connectivity index (χ0) is 9.68. The van der Waals surface area contributed by atoms with Crippen molar-refractivity contribution < 1.29 is 0 Å². The first-order chi connectivity index (χ1) is 6.25. The molecule has 0 saturated heterocycles. The molecule has 72 valence electrons. The lowest BCUT2D eigenvalue weighted by Gasteiger charge is -2.24. The Kier molecular flexibility index (Phi) is 3.97. The topological polar surface area (TPSA) is 3.24 Å². The summed E-state index contributed by atoms with van der Waals surface area (Å²) in [6, 6.07) is 11.2. The lowest BCUT2D eigenvalue weighted by Crippen LogP contribution is -2.22. The summed E-state index contributed by atoms with van der Waals surface area (Å²) in [6.45, 7) is 5.63. The molecular weight excluding hydrogens is 158 g/mol. The van der Waals surface area contributed by atoms with E-state index in [1.807, 2.05) is 0 Å². The van der Waals surface area contributed by atoms with Gasteiger partial charge in [-0.2, -0.15) is 0 Å². The second-order valence-corrected chi connectivity index (χ2v) is 3.57. The maximum absolute atomic E-state index is 2.38. The van der Waals surface area contributed by atoms with Gasteiger partial charge < -0.3 is 0 Å². The number of hydrogen-bond acceptors (Lipinski definition) is 1. The highest BCUT2D eigenvalue weighted by atomic mass is 15.1. The minimum absolute atomic E-state index is 0.529. The number of benzene rings is 1. The second-order valence-electron chi connectivity index (χ2n) is 3.57. The van der Waals surface area contributed by atoms with E-state index in [2.05, 4.69) is 56.1 Å². The predicted molar refractivity (Wildman–Crippen MR) is 57.8 cm³/mol. The van der Waals surface area contributed by atoms with Gasteiger partial charge in [0.1, 0.15) is 0 Å². The van der Waals surface area contributed by atoms with Crippen LogP contribution in [0.4, 0.5) is 0 Å². The van der Waals surface area contributed by atoms with Crippen LogP contribution in [0.2, 0.25) is 0 Å². The van der Waals surface area contributed by atoms with Gasteiger partial charge >= 0.3 is 0 Å². The van der Waals surface area contributed by atoms with Crippen molar-refractivity contribution in [3.63, 3.8) is 0 Å². The molecule has 1 unspecified atom stereocenters. The predicted octanol–water partition coefficient (Wildman–Crippen LogP) is 3.09. The molecule has 0 fully saturated rings. The van der Waals surface area contributed by atoms with Crippen molar-refractivity contribution in [2.75, 3.05) is 13.6 Å². The molecule has 0 radical (unpaired) electrons. The first-order valence-electron chi connectivity index (χ1n) is 5.01. The molecule has 1 atom stereocenters. The van der Waals surface area contributed by atoms with E-state index < -0.39 is 0 Å². The largest absolute Gasteiger partial charge is 0.300 e. The van der Waals surface area contributed by atoms with Crippen molar-refractivity contribution in [1.82, 2.24) is 4.90 Å². The molecule has 0 spiro atoms. The van der Waals surface area contributed by atoms with Gasteiger partial charge in [-0.05, 0) is 32.5 Å². The van der Waals surface area contributed by atoms with Gasteiger partial charge in [-0.25, -0.2) is 0 Å². The van der Waals surface area contributed by atoms with Gasteiger partial charge in [0.25, 0.3) is 0 Å². The van der Waals surface area contributed by atoms with Crippen LogP contribution in [0.25, 0.3) is 0 Å². The maximum atomic E-state index is 2.38. The SMILES string of the molecule is CCCN(C)C(C)c1ccccc1. The normalized spacial score (nSPS) is 13.2. The van der Waals surface area contributed by atoms with E-state index in [0.29, 0.717) is 6.04 Å².